The first kappa shape index (κ1) is 16.9. The summed E-state index contributed by atoms with van der Waals surface area (Å²) in [4.78, 5) is 4.40. The van der Waals surface area contributed by atoms with Gasteiger partial charge in [-0.3, -0.25) is 0 Å². The van der Waals surface area contributed by atoms with Crippen molar-refractivity contribution in [1.29, 1.82) is 0 Å². The Bertz CT molecular complexity index is 312. The number of nitrogens with zero attached hydrogens (tertiary/aromatic N) is 1. The summed E-state index contributed by atoms with van der Waals surface area (Å²) in [7, 11) is 0. The van der Waals surface area contributed by atoms with Crippen molar-refractivity contribution in [2.45, 2.75) is 66.7 Å². The van der Waals surface area contributed by atoms with Crippen LogP contribution < -0.4 is 5.32 Å². The van der Waals surface area contributed by atoms with E-state index in [1.54, 1.807) is 0 Å². The van der Waals surface area contributed by atoms with Gasteiger partial charge in [0, 0.05) is 13.7 Å². The Morgan fingerprint density at radius 1 is 1.22 bits per heavy atom. The lowest BCUT2D eigenvalue weighted by Gasteiger charge is -2.16. The highest BCUT2D eigenvalue weighted by Crippen LogP contribution is 2.18. The number of unbranched alkanes of at least 4 members (excludes halogenated alkanes) is 2. The molecule has 0 amide bonds. The van der Waals surface area contributed by atoms with Crippen molar-refractivity contribution in [3.05, 3.63) is 23.4 Å². The quantitative estimate of drug-likeness (QED) is 0.781. The van der Waals surface area contributed by atoms with Crippen LogP contribution >= 0.6 is 0 Å². The first-order chi connectivity index (χ1) is 8.77. The number of hydrogen-bond donors (Lipinski definition) is 1. The Balaban J connectivity index is 0. The van der Waals surface area contributed by atoms with Gasteiger partial charge < -0.3 is 5.32 Å². The second kappa shape index (κ2) is 11.1. The van der Waals surface area contributed by atoms with Crippen molar-refractivity contribution >= 4 is 5.82 Å². The second-order valence-electron chi connectivity index (χ2n) is 4.34. The van der Waals surface area contributed by atoms with E-state index in [2.05, 4.69) is 36.3 Å². The van der Waals surface area contributed by atoms with E-state index in [0.717, 1.165) is 18.1 Å². The highest BCUT2D eigenvalue weighted by atomic mass is 15.0. The molecule has 2 heteroatoms. The molecule has 0 bridgehead atoms. The summed E-state index contributed by atoms with van der Waals surface area (Å²) in [5.41, 5.74) is 2.46. The van der Waals surface area contributed by atoms with Crippen LogP contribution in [0.15, 0.2) is 12.1 Å². The Labute approximate surface area is 115 Å². The van der Waals surface area contributed by atoms with Gasteiger partial charge in [0.05, 0.1) is 0 Å². The minimum atomic E-state index is 0. The fourth-order valence-corrected chi connectivity index (χ4v) is 1.78. The summed E-state index contributed by atoms with van der Waals surface area (Å²) in [5, 5.41) is 3.29. The third-order valence-corrected chi connectivity index (χ3v) is 2.74. The van der Waals surface area contributed by atoms with Crippen molar-refractivity contribution in [2.75, 3.05) is 11.9 Å². The minimum Gasteiger partial charge on any atom is -0.370 e. The topological polar surface area (TPSA) is 24.9 Å². The average molecular weight is 252 g/mol. The molecule has 1 N–H and O–H groups in total. The molecular weight excluding hydrogens is 220 g/mol. The molecule has 1 aromatic heterocycles. The van der Waals surface area contributed by atoms with Gasteiger partial charge >= 0.3 is 0 Å². The van der Waals surface area contributed by atoms with Crippen LogP contribution in [0.25, 0.3) is 0 Å². The molecule has 0 saturated carbocycles. The van der Waals surface area contributed by atoms with Crippen LogP contribution in [0.5, 0.6) is 0 Å². The summed E-state index contributed by atoms with van der Waals surface area (Å²) >= 11 is 0. The lowest BCUT2D eigenvalue weighted by Crippen LogP contribution is -2.13. The summed E-state index contributed by atoms with van der Waals surface area (Å²) < 4.78 is 0. The van der Waals surface area contributed by atoms with Crippen LogP contribution in [0.4, 0.5) is 5.82 Å². The van der Waals surface area contributed by atoms with Gasteiger partial charge in [-0.05, 0) is 31.4 Å². The van der Waals surface area contributed by atoms with E-state index in [-0.39, 0.29) is 1.43 Å². The SMILES string of the molecule is CC.CCCCC.Cc1ccc2c(n1)NCCC2.[HH]. The van der Waals surface area contributed by atoms with Gasteiger partial charge in [-0.15, -0.1) is 0 Å². The Morgan fingerprint density at radius 2 is 1.89 bits per heavy atom. The first-order valence-electron chi connectivity index (χ1n) is 7.48. The van der Waals surface area contributed by atoms with Crippen molar-refractivity contribution in [3.63, 3.8) is 0 Å². The standard InChI is InChI=1S/C9H12N2.C5H12.C2H6.H2/c1-7-4-5-8-3-2-6-10-9(8)11-7;1-3-5-4-2;1-2;/h4-5H,2-3,6H2,1H3,(H,10,11);3-5H2,1-2H3;1-2H3;1H. The van der Waals surface area contributed by atoms with Crippen LogP contribution in [0.3, 0.4) is 0 Å². The summed E-state index contributed by atoms with van der Waals surface area (Å²) in [5.74, 6) is 1.09. The molecule has 0 spiro atoms. The lowest BCUT2D eigenvalue weighted by molar-refractivity contribution is 0.772. The second-order valence-corrected chi connectivity index (χ2v) is 4.34. The molecule has 1 aromatic rings. The predicted octanol–water partition coefficient (Wildman–Crippen LogP) is 5.22. The minimum absolute atomic E-state index is 0. The highest BCUT2D eigenvalue weighted by molar-refractivity contribution is 5.46. The maximum absolute atomic E-state index is 4.40. The molecule has 18 heavy (non-hydrogen) atoms. The molecule has 2 heterocycles. The number of hydrogen-bond acceptors (Lipinski definition) is 2. The molecule has 0 radical (unpaired) electrons. The van der Waals surface area contributed by atoms with E-state index < -0.39 is 0 Å². The van der Waals surface area contributed by atoms with Crippen molar-refractivity contribution in [3.8, 4) is 0 Å². The van der Waals surface area contributed by atoms with E-state index in [1.807, 2.05) is 20.8 Å². The molecule has 0 unspecified atom stereocenters. The molecule has 2 nitrogen and oxygen atoms in total. The fourth-order valence-electron chi connectivity index (χ4n) is 1.78. The Hall–Kier alpha value is -1.05. The fraction of sp³-hybridized carbons (Fsp3) is 0.688. The Morgan fingerprint density at radius 3 is 2.44 bits per heavy atom. The predicted molar refractivity (Wildman–Crippen MR) is 84.4 cm³/mol. The van der Waals surface area contributed by atoms with Gasteiger partial charge in [0.1, 0.15) is 5.82 Å². The van der Waals surface area contributed by atoms with Crippen molar-refractivity contribution in [1.82, 2.24) is 4.98 Å². The third-order valence-electron chi connectivity index (χ3n) is 2.74. The Kier molecular flexibility index (Phi) is 10.4. The van der Waals surface area contributed by atoms with Crippen LogP contribution in [-0.2, 0) is 6.42 Å². The number of aryl methyl sites for hydroxylation is 2. The maximum Gasteiger partial charge on any atom is 0.129 e. The maximum atomic E-state index is 4.40. The third kappa shape index (κ3) is 6.63. The smallest absolute Gasteiger partial charge is 0.129 e. The monoisotopic (exact) mass is 252 g/mol. The zero-order valence-electron chi connectivity index (χ0n) is 12.8. The first-order valence-corrected chi connectivity index (χ1v) is 7.48. The van der Waals surface area contributed by atoms with Crippen LogP contribution in [0.2, 0.25) is 0 Å². The van der Waals surface area contributed by atoms with Gasteiger partial charge in [-0.1, -0.05) is 53.0 Å². The molecule has 106 valence electrons. The molecule has 2 rings (SSSR count). The zero-order chi connectivity index (χ0) is 13.8. The van der Waals surface area contributed by atoms with Gasteiger partial charge in [0.15, 0.2) is 0 Å². The molecular formula is C16H32N2. The van der Waals surface area contributed by atoms with Crippen molar-refractivity contribution in [2.24, 2.45) is 0 Å². The van der Waals surface area contributed by atoms with Crippen LogP contribution in [0, 0.1) is 6.92 Å². The molecule has 1 aliphatic rings. The van der Waals surface area contributed by atoms with Gasteiger partial charge in [-0.25, -0.2) is 4.98 Å². The van der Waals surface area contributed by atoms with E-state index in [0.29, 0.717) is 0 Å². The number of aromatic nitrogens is 1. The van der Waals surface area contributed by atoms with Crippen LogP contribution in [0.1, 0.15) is 66.1 Å². The van der Waals surface area contributed by atoms with Crippen molar-refractivity contribution < 1.29 is 1.43 Å². The molecule has 0 atom stereocenters. The van der Waals surface area contributed by atoms with Gasteiger partial charge in [0.25, 0.3) is 0 Å². The van der Waals surface area contributed by atoms with E-state index >= 15 is 0 Å². The van der Waals surface area contributed by atoms with E-state index in [4.69, 9.17) is 0 Å². The number of nitrogens with one attached hydrogen (secondary N) is 1. The lowest BCUT2D eigenvalue weighted by atomic mass is 10.1. The van der Waals surface area contributed by atoms with Crippen LogP contribution in [-0.4, -0.2) is 11.5 Å². The van der Waals surface area contributed by atoms with Gasteiger partial charge in [-0.2, -0.15) is 0 Å². The average Bonchev–Trinajstić information content (AvgIpc) is 2.42. The number of rotatable bonds is 2. The van der Waals surface area contributed by atoms with Gasteiger partial charge in [0.2, 0.25) is 0 Å². The normalized spacial score (nSPS) is 12.1. The largest absolute Gasteiger partial charge is 0.370 e. The number of anilines is 1. The summed E-state index contributed by atoms with van der Waals surface area (Å²) in [6.45, 7) is 11.5. The van der Waals surface area contributed by atoms with E-state index in [9.17, 15) is 0 Å². The summed E-state index contributed by atoms with van der Waals surface area (Å²) in [6, 6.07) is 4.25. The van der Waals surface area contributed by atoms with E-state index in [1.165, 1.54) is 37.7 Å². The summed E-state index contributed by atoms with van der Waals surface area (Å²) in [6.07, 6.45) is 6.49. The molecule has 1 aliphatic heterocycles. The highest BCUT2D eigenvalue weighted by Gasteiger charge is 2.08. The number of fused-ring (bicyclic) bond motifs is 1. The number of pyridine rings is 1. The molecule has 0 aliphatic carbocycles. The molecule has 0 aromatic carbocycles. The zero-order valence-corrected chi connectivity index (χ0v) is 12.8. The molecule has 0 saturated heterocycles. The molecule has 0 fully saturated rings.